The molecule has 0 unspecified atom stereocenters. The lowest BCUT2D eigenvalue weighted by atomic mass is 9.85. The van der Waals surface area contributed by atoms with E-state index in [0.29, 0.717) is 38.2 Å². The zero-order valence-electron chi connectivity index (χ0n) is 19.7. The number of hydrogen-bond acceptors (Lipinski definition) is 5. The van der Waals surface area contributed by atoms with Crippen molar-refractivity contribution in [3.05, 3.63) is 54.4 Å². The van der Waals surface area contributed by atoms with Crippen LogP contribution in [0.4, 0.5) is 23.7 Å². The lowest BCUT2D eigenvalue weighted by Gasteiger charge is -2.41. The number of urea groups is 1. The van der Waals surface area contributed by atoms with Crippen molar-refractivity contribution in [1.82, 2.24) is 19.5 Å². The first kappa shape index (κ1) is 26.4. The Labute approximate surface area is 208 Å². The summed E-state index contributed by atoms with van der Waals surface area (Å²) in [6.45, 7) is 1.88. The molecule has 2 amide bonds. The topological polar surface area (TPSA) is 94.6 Å². The Hall–Kier alpha value is -2.70. The van der Waals surface area contributed by atoms with Crippen LogP contribution in [0.3, 0.4) is 0 Å². The number of pyridine rings is 1. The second-order valence-corrected chi connectivity index (χ2v) is 11.1. The number of piperazine rings is 1. The second-order valence-electron chi connectivity index (χ2n) is 9.18. The van der Waals surface area contributed by atoms with E-state index < -0.39 is 28.1 Å². The lowest BCUT2D eigenvalue weighted by Crippen LogP contribution is -2.52. The van der Waals surface area contributed by atoms with Crippen molar-refractivity contribution < 1.29 is 26.4 Å². The Balaban J connectivity index is 1.26. The van der Waals surface area contributed by atoms with Crippen LogP contribution in [-0.2, 0) is 16.6 Å². The van der Waals surface area contributed by atoms with E-state index in [-0.39, 0.29) is 36.9 Å². The molecule has 12 heteroatoms. The zero-order chi connectivity index (χ0) is 25.8. The maximum Gasteiger partial charge on any atom is 0.391 e. The molecular formula is C24H30F3N5O3S. The van der Waals surface area contributed by atoms with E-state index in [1.165, 1.54) is 28.6 Å². The fourth-order valence-corrected chi connectivity index (χ4v) is 6.22. The number of amides is 2. The SMILES string of the molecule is O=C(NCc1cccnc1)Nc1ccc(S(=O)(=O)N2CCN(C3CCC(C(F)(F)F)CC3)CC2)cc1. The Morgan fingerprint density at radius 3 is 2.25 bits per heavy atom. The molecule has 196 valence electrons. The van der Waals surface area contributed by atoms with E-state index in [1.54, 1.807) is 18.5 Å². The van der Waals surface area contributed by atoms with Gasteiger partial charge in [0.25, 0.3) is 0 Å². The largest absolute Gasteiger partial charge is 0.391 e. The minimum absolute atomic E-state index is 0.0723. The summed E-state index contributed by atoms with van der Waals surface area (Å²) in [4.78, 5) is 18.3. The van der Waals surface area contributed by atoms with Gasteiger partial charge in [0.1, 0.15) is 0 Å². The van der Waals surface area contributed by atoms with Crippen molar-refractivity contribution in [1.29, 1.82) is 0 Å². The van der Waals surface area contributed by atoms with E-state index >= 15 is 0 Å². The predicted molar refractivity (Wildman–Crippen MR) is 129 cm³/mol. The van der Waals surface area contributed by atoms with Crippen LogP contribution in [0.2, 0.25) is 0 Å². The first-order valence-electron chi connectivity index (χ1n) is 12.0. The molecule has 36 heavy (non-hydrogen) atoms. The summed E-state index contributed by atoms with van der Waals surface area (Å²) < 4.78 is 66.4. The number of carbonyl (C=O) groups excluding carboxylic acids is 1. The van der Waals surface area contributed by atoms with Crippen LogP contribution in [0.1, 0.15) is 31.2 Å². The summed E-state index contributed by atoms with van der Waals surface area (Å²) in [6.07, 6.45) is 0.404. The highest BCUT2D eigenvalue weighted by atomic mass is 32.2. The summed E-state index contributed by atoms with van der Waals surface area (Å²) in [6, 6.07) is 9.24. The van der Waals surface area contributed by atoms with E-state index in [1.807, 2.05) is 6.07 Å². The molecular weight excluding hydrogens is 495 g/mol. The molecule has 4 rings (SSSR count). The molecule has 0 radical (unpaired) electrons. The number of benzene rings is 1. The van der Waals surface area contributed by atoms with Crippen molar-refractivity contribution in [3.8, 4) is 0 Å². The Kier molecular flexibility index (Phi) is 8.16. The second kappa shape index (κ2) is 11.1. The van der Waals surface area contributed by atoms with Crippen LogP contribution in [0.25, 0.3) is 0 Å². The van der Waals surface area contributed by atoms with Gasteiger partial charge < -0.3 is 10.6 Å². The molecule has 1 saturated heterocycles. The average Bonchev–Trinajstić information content (AvgIpc) is 2.88. The fraction of sp³-hybridized carbons (Fsp3) is 0.500. The van der Waals surface area contributed by atoms with E-state index in [4.69, 9.17) is 0 Å². The molecule has 1 aromatic carbocycles. The molecule has 1 aliphatic carbocycles. The van der Waals surface area contributed by atoms with Gasteiger partial charge in [-0.2, -0.15) is 17.5 Å². The number of halogens is 3. The van der Waals surface area contributed by atoms with Gasteiger partial charge in [-0.15, -0.1) is 0 Å². The van der Waals surface area contributed by atoms with Crippen LogP contribution >= 0.6 is 0 Å². The summed E-state index contributed by atoms with van der Waals surface area (Å²) in [7, 11) is -3.71. The van der Waals surface area contributed by atoms with Gasteiger partial charge in [0, 0.05) is 56.8 Å². The molecule has 0 atom stereocenters. The molecule has 2 aromatic rings. The minimum atomic E-state index is -4.13. The van der Waals surface area contributed by atoms with Gasteiger partial charge >= 0.3 is 12.2 Å². The van der Waals surface area contributed by atoms with Crippen LogP contribution in [-0.4, -0.2) is 67.0 Å². The highest BCUT2D eigenvalue weighted by molar-refractivity contribution is 7.89. The first-order chi connectivity index (χ1) is 17.1. The quantitative estimate of drug-likeness (QED) is 0.598. The number of carbonyl (C=O) groups is 1. The Morgan fingerprint density at radius 1 is 1.00 bits per heavy atom. The third-order valence-electron chi connectivity index (χ3n) is 6.88. The van der Waals surface area contributed by atoms with Crippen molar-refractivity contribution in [2.45, 2.75) is 49.3 Å². The van der Waals surface area contributed by atoms with Crippen LogP contribution in [0, 0.1) is 5.92 Å². The van der Waals surface area contributed by atoms with Gasteiger partial charge in [-0.3, -0.25) is 9.88 Å². The van der Waals surface area contributed by atoms with Gasteiger partial charge in [-0.05, 0) is 61.6 Å². The molecule has 0 bridgehead atoms. The fourth-order valence-electron chi connectivity index (χ4n) is 4.80. The highest BCUT2D eigenvalue weighted by Gasteiger charge is 2.42. The third-order valence-corrected chi connectivity index (χ3v) is 8.79. The molecule has 2 heterocycles. The maximum atomic E-state index is 13.1. The summed E-state index contributed by atoms with van der Waals surface area (Å²) in [5.41, 5.74) is 1.31. The van der Waals surface area contributed by atoms with Gasteiger partial charge in [-0.25, -0.2) is 13.2 Å². The molecule has 1 saturated carbocycles. The zero-order valence-corrected chi connectivity index (χ0v) is 20.6. The number of sulfonamides is 1. The number of nitrogens with zero attached hydrogens (tertiary/aromatic N) is 3. The molecule has 8 nitrogen and oxygen atoms in total. The summed E-state index contributed by atoms with van der Waals surface area (Å²) in [5.74, 6) is -1.22. The molecule has 2 fully saturated rings. The smallest absolute Gasteiger partial charge is 0.334 e. The highest BCUT2D eigenvalue weighted by Crippen LogP contribution is 2.39. The summed E-state index contributed by atoms with van der Waals surface area (Å²) >= 11 is 0. The van der Waals surface area contributed by atoms with Crippen molar-refractivity contribution >= 4 is 21.7 Å². The molecule has 2 N–H and O–H groups in total. The Bertz CT molecular complexity index is 1110. The van der Waals surface area contributed by atoms with Crippen molar-refractivity contribution in [2.75, 3.05) is 31.5 Å². The molecule has 0 spiro atoms. The van der Waals surface area contributed by atoms with Crippen molar-refractivity contribution in [3.63, 3.8) is 0 Å². The van der Waals surface area contributed by atoms with Gasteiger partial charge in [-0.1, -0.05) is 6.07 Å². The van der Waals surface area contributed by atoms with Crippen LogP contribution in [0.5, 0.6) is 0 Å². The van der Waals surface area contributed by atoms with Gasteiger partial charge in [0.05, 0.1) is 10.8 Å². The number of rotatable bonds is 6. The number of nitrogens with one attached hydrogen (secondary N) is 2. The van der Waals surface area contributed by atoms with E-state index in [2.05, 4.69) is 20.5 Å². The minimum Gasteiger partial charge on any atom is -0.334 e. The Morgan fingerprint density at radius 2 is 1.67 bits per heavy atom. The average molecular weight is 526 g/mol. The first-order valence-corrected chi connectivity index (χ1v) is 13.4. The lowest BCUT2D eigenvalue weighted by molar-refractivity contribution is -0.184. The molecule has 1 aliphatic heterocycles. The van der Waals surface area contributed by atoms with Crippen LogP contribution < -0.4 is 10.6 Å². The number of hydrogen-bond donors (Lipinski definition) is 2. The third kappa shape index (κ3) is 6.54. The molecule has 2 aliphatic rings. The maximum absolute atomic E-state index is 13.1. The monoisotopic (exact) mass is 525 g/mol. The predicted octanol–water partition coefficient (Wildman–Crippen LogP) is 3.83. The molecule has 1 aromatic heterocycles. The standard InChI is InChI=1S/C24H30F3N5O3S/c25-24(26,27)19-3-7-21(8-4-19)31-12-14-32(15-13-31)36(34,35)22-9-5-20(6-10-22)30-23(33)29-17-18-2-1-11-28-16-18/h1-2,5-6,9-11,16,19,21H,3-4,7-8,12-15,17H2,(H2,29,30,33). The van der Waals surface area contributed by atoms with Gasteiger partial charge in [0.2, 0.25) is 10.0 Å². The normalized spacial score (nSPS) is 22.2. The van der Waals surface area contributed by atoms with E-state index in [0.717, 1.165) is 5.56 Å². The summed E-state index contributed by atoms with van der Waals surface area (Å²) in [5, 5.41) is 5.38. The van der Waals surface area contributed by atoms with Crippen LogP contribution in [0.15, 0.2) is 53.7 Å². The van der Waals surface area contributed by atoms with E-state index in [9.17, 15) is 26.4 Å². The number of aromatic nitrogens is 1. The number of alkyl halides is 3. The number of anilines is 1. The van der Waals surface area contributed by atoms with Gasteiger partial charge in [0.15, 0.2) is 0 Å². The van der Waals surface area contributed by atoms with Crippen molar-refractivity contribution in [2.24, 2.45) is 5.92 Å².